The molecular weight excluding hydrogens is 232 g/mol. The summed E-state index contributed by atoms with van der Waals surface area (Å²) in [7, 11) is 0. The lowest BCUT2D eigenvalue weighted by Gasteiger charge is -2.37. The van der Waals surface area contributed by atoms with Crippen molar-refractivity contribution in [2.24, 2.45) is 0 Å². The fraction of sp³-hybridized carbons (Fsp3) is 0.538. The number of rotatable bonds is 4. The molecule has 0 bridgehead atoms. The molecule has 0 radical (unpaired) electrons. The molecule has 0 aromatic carbocycles. The molecule has 5 heteroatoms. The van der Waals surface area contributed by atoms with Crippen LogP contribution in [-0.4, -0.2) is 32.9 Å². The van der Waals surface area contributed by atoms with E-state index >= 15 is 0 Å². The monoisotopic (exact) mass is 252 g/mol. The van der Waals surface area contributed by atoms with Gasteiger partial charge in [0.25, 0.3) is 5.91 Å². The van der Waals surface area contributed by atoms with E-state index in [4.69, 9.17) is 0 Å². The number of ketones is 1. The van der Waals surface area contributed by atoms with Crippen LogP contribution in [0.1, 0.15) is 55.5 Å². The maximum Gasteiger partial charge on any atom is 0.268 e. The smallest absolute Gasteiger partial charge is 0.268 e. The molecule has 18 heavy (non-hydrogen) atoms. The van der Waals surface area contributed by atoms with E-state index in [1.807, 2.05) is 0 Å². The second kappa shape index (κ2) is 4.57. The number of H-pyrrole nitrogens is 1. The van der Waals surface area contributed by atoms with Gasteiger partial charge in [0.2, 0.25) is 0 Å². The largest absolute Gasteiger partial charge is 0.388 e. The minimum absolute atomic E-state index is 0.105. The van der Waals surface area contributed by atoms with E-state index in [0.717, 1.165) is 0 Å². The Kier molecular flexibility index (Phi) is 3.67. The van der Waals surface area contributed by atoms with E-state index in [1.54, 1.807) is 27.7 Å². The normalized spacial score (nSPS) is 12.3. The molecule has 0 saturated carbocycles. The number of carbonyl (C=O) groups is 2. The molecule has 0 unspecified atom stereocenters. The number of carbonyl (C=O) groups excluding carboxylic acids is 2. The van der Waals surface area contributed by atoms with Crippen molar-refractivity contribution in [2.45, 2.75) is 45.8 Å². The highest BCUT2D eigenvalue weighted by Gasteiger charge is 2.36. The first-order valence-electron chi connectivity index (χ1n) is 5.79. The van der Waals surface area contributed by atoms with E-state index in [-0.39, 0.29) is 11.7 Å². The standard InChI is InChI=1S/C13H20N2O3/c1-8(16)9-6-10(14-7-9)11(17)15-12(2,3)13(4,5)18/h6-7,14,18H,1-5H3,(H,15,17). The highest BCUT2D eigenvalue weighted by Crippen LogP contribution is 2.21. The van der Waals surface area contributed by atoms with Gasteiger partial charge in [-0.25, -0.2) is 0 Å². The Bertz CT molecular complexity index is 467. The Labute approximate surface area is 107 Å². The molecule has 1 heterocycles. The van der Waals surface area contributed by atoms with Crippen LogP contribution in [0.25, 0.3) is 0 Å². The van der Waals surface area contributed by atoms with Crippen molar-refractivity contribution in [3.8, 4) is 0 Å². The summed E-state index contributed by atoms with van der Waals surface area (Å²) in [5.41, 5.74) is -1.08. The van der Waals surface area contributed by atoms with Gasteiger partial charge in [-0.05, 0) is 40.7 Å². The van der Waals surface area contributed by atoms with Crippen LogP contribution >= 0.6 is 0 Å². The van der Waals surface area contributed by atoms with Gasteiger partial charge in [0.1, 0.15) is 5.69 Å². The van der Waals surface area contributed by atoms with Crippen LogP contribution < -0.4 is 5.32 Å². The molecule has 100 valence electrons. The highest BCUT2D eigenvalue weighted by atomic mass is 16.3. The summed E-state index contributed by atoms with van der Waals surface area (Å²) in [6.45, 7) is 8.16. The van der Waals surface area contributed by atoms with Gasteiger partial charge in [0.05, 0.1) is 11.1 Å². The summed E-state index contributed by atoms with van der Waals surface area (Å²) < 4.78 is 0. The van der Waals surface area contributed by atoms with Crippen LogP contribution in [0, 0.1) is 0 Å². The third-order valence-electron chi connectivity index (χ3n) is 3.29. The minimum Gasteiger partial charge on any atom is -0.388 e. The average Bonchev–Trinajstić information content (AvgIpc) is 2.63. The molecule has 5 nitrogen and oxygen atoms in total. The summed E-state index contributed by atoms with van der Waals surface area (Å²) >= 11 is 0. The first-order chi connectivity index (χ1) is 8.04. The van der Waals surface area contributed by atoms with Crippen molar-refractivity contribution in [1.29, 1.82) is 0 Å². The second-order valence-corrected chi connectivity index (χ2v) is 5.50. The quantitative estimate of drug-likeness (QED) is 0.710. The van der Waals surface area contributed by atoms with E-state index in [2.05, 4.69) is 10.3 Å². The molecular formula is C13H20N2O3. The first-order valence-corrected chi connectivity index (χ1v) is 5.79. The zero-order valence-electron chi connectivity index (χ0n) is 11.4. The van der Waals surface area contributed by atoms with E-state index < -0.39 is 11.1 Å². The van der Waals surface area contributed by atoms with Gasteiger partial charge in [-0.3, -0.25) is 9.59 Å². The SMILES string of the molecule is CC(=O)c1c[nH]c(C(=O)NC(C)(C)C(C)(C)O)c1. The summed E-state index contributed by atoms with van der Waals surface area (Å²) in [5.74, 6) is -0.457. The van der Waals surface area contributed by atoms with Gasteiger partial charge in [-0.2, -0.15) is 0 Å². The summed E-state index contributed by atoms with van der Waals surface area (Å²) in [6.07, 6.45) is 1.49. The third kappa shape index (κ3) is 2.98. The lowest BCUT2D eigenvalue weighted by Crippen LogP contribution is -2.57. The molecule has 0 aliphatic carbocycles. The van der Waals surface area contributed by atoms with Crippen LogP contribution in [0.3, 0.4) is 0 Å². The molecule has 0 fully saturated rings. The van der Waals surface area contributed by atoms with Gasteiger partial charge in [-0.15, -0.1) is 0 Å². The topological polar surface area (TPSA) is 82.2 Å². The highest BCUT2D eigenvalue weighted by molar-refractivity contribution is 5.99. The van der Waals surface area contributed by atoms with Crippen LogP contribution in [0.2, 0.25) is 0 Å². The van der Waals surface area contributed by atoms with E-state index in [9.17, 15) is 14.7 Å². The second-order valence-electron chi connectivity index (χ2n) is 5.50. The molecule has 3 N–H and O–H groups in total. The maximum absolute atomic E-state index is 12.0. The molecule has 0 spiro atoms. The first kappa shape index (κ1) is 14.4. The van der Waals surface area contributed by atoms with Crippen molar-refractivity contribution in [3.05, 3.63) is 23.5 Å². The van der Waals surface area contributed by atoms with Crippen molar-refractivity contribution in [2.75, 3.05) is 0 Å². The van der Waals surface area contributed by atoms with Gasteiger partial charge < -0.3 is 15.4 Å². The number of hydrogen-bond donors (Lipinski definition) is 3. The fourth-order valence-electron chi connectivity index (χ4n) is 1.23. The molecule has 1 aromatic heterocycles. The number of nitrogens with one attached hydrogen (secondary N) is 2. The predicted octanol–water partition coefficient (Wildman–Crippen LogP) is 1.50. The van der Waals surface area contributed by atoms with Crippen LogP contribution in [0.5, 0.6) is 0 Å². The Hall–Kier alpha value is -1.62. The molecule has 0 aliphatic rings. The molecule has 0 aliphatic heterocycles. The number of hydrogen-bond acceptors (Lipinski definition) is 3. The Morgan fingerprint density at radius 3 is 2.22 bits per heavy atom. The van der Waals surface area contributed by atoms with E-state index in [0.29, 0.717) is 11.3 Å². The van der Waals surface area contributed by atoms with Gasteiger partial charge in [0, 0.05) is 11.8 Å². The number of aromatic amines is 1. The Morgan fingerprint density at radius 2 is 1.83 bits per heavy atom. The number of Topliss-reactive ketones (excluding diaryl/α,β-unsaturated/α-hetero) is 1. The number of aliphatic hydroxyl groups is 1. The minimum atomic E-state index is -1.06. The Balaban J connectivity index is 2.86. The average molecular weight is 252 g/mol. The maximum atomic E-state index is 12.0. The van der Waals surface area contributed by atoms with Crippen LogP contribution in [0.15, 0.2) is 12.3 Å². The lowest BCUT2D eigenvalue weighted by molar-refractivity contribution is -0.00301. The van der Waals surface area contributed by atoms with Gasteiger partial charge in [0.15, 0.2) is 5.78 Å². The van der Waals surface area contributed by atoms with Crippen molar-refractivity contribution in [3.63, 3.8) is 0 Å². The van der Waals surface area contributed by atoms with Crippen LogP contribution in [0.4, 0.5) is 0 Å². The van der Waals surface area contributed by atoms with Crippen molar-refractivity contribution in [1.82, 2.24) is 10.3 Å². The number of amides is 1. The van der Waals surface area contributed by atoms with Crippen molar-refractivity contribution >= 4 is 11.7 Å². The fourth-order valence-corrected chi connectivity index (χ4v) is 1.23. The zero-order chi connectivity index (χ0) is 14.1. The molecule has 1 aromatic rings. The van der Waals surface area contributed by atoms with E-state index in [1.165, 1.54) is 19.2 Å². The molecule has 0 saturated heterocycles. The van der Waals surface area contributed by atoms with Gasteiger partial charge in [-0.1, -0.05) is 0 Å². The van der Waals surface area contributed by atoms with Crippen LogP contribution in [-0.2, 0) is 0 Å². The van der Waals surface area contributed by atoms with Gasteiger partial charge >= 0.3 is 0 Å². The van der Waals surface area contributed by atoms with Crippen molar-refractivity contribution < 1.29 is 14.7 Å². The summed E-state index contributed by atoms with van der Waals surface area (Å²) in [5, 5.41) is 12.7. The third-order valence-corrected chi connectivity index (χ3v) is 3.29. The zero-order valence-corrected chi connectivity index (χ0v) is 11.4. The number of aromatic nitrogens is 1. The summed E-state index contributed by atoms with van der Waals surface area (Å²) in [6, 6.07) is 1.50. The predicted molar refractivity (Wildman–Crippen MR) is 68.6 cm³/mol. The summed E-state index contributed by atoms with van der Waals surface area (Å²) in [4.78, 5) is 25.9. The molecule has 0 atom stereocenters. The lowest BCUT2D eigenvalue weighted by atomic mass is 9.86. The molecule has 1 amide bonds. The molecule has 1 rings (SSSR count). The Morgan fingerprint density at radius 1 is 1.28 bits per heavy atom.